The first-order valence-electron chi connectivity index (χ1n) is 4.68. The van der Waals surface area contributed by atoms with Crippen molar-refractivity contribution in [1.82, 2.24) is 4.90 Å². The number of rotatable bonds is 2. The maximum atomic E-state index is 12.6. The van der Waals surface area contributed by atoms with E-state index >= 15 is 0 Å². The maximum absolute atomic E-state index is 12.6. The second-order valence-corrected chi connectivity index (χ2v) is 5.12. The van der Waals surface area contributed by atoms with Crippen LogP contribution < -0.4 is 0 Å². The zero-order chi connectivity index (χ0) is 10.8. The summed E-state index contributed by atoms with van der Waals surface area (Å²) in [6.07, 6.45) is 1.22. The fourth-order valence-corrected chi connectivity index (χ4v) is 2.20. The van der Waals surface area contributed by atoms with Gasteiger partial charge in [-0.3, -0.25) is 4.79 Å². The molecule has 0 aliphatic carbocycles. The molecular formula is C9H14BrF2NO. The molecule has 1 saturated heterocycles. The summed E-state index contributed by atoms with van der Waals surface area (Å²) < 4.78 is 25.1. The lowest BCUT2D eigenvalue weighted by Gasteiger charge is -2.30. The van der Waals surface area contributed by atoms with Crippen molar-refractivity contribution in [2.45, 2.75) is 36.9 Å². The molecule has 0 aromatic carbocycles. The Labute approximate surface area is 90.8 Å². The monoisotopic (exact) mass is 269 g/mol. The molecule has 0 aromatic rings. The quantitative estimate of drug-likeness (QED) is 0.706. The normalized spacial score (nSPS) is 23.7. The Balaban J connectivity index is 2.44. The standard InChI is InChI=1S/C9H14BrF2NO/c1-9(11,12)5-8(14)13-4-2-3-7(10)6-13/h7H,2-6H2,1H3. The second-order valence-electron chi connectivity index (χ2n) is 3.83. The Morgan fingerprint density at radius 1 is 1.64 bits per heavy atom. The van der Waals surface area contributed by atoms with Crippen LogP contribution in [0.5, 0.6) is 0 Å². The van der Waals surface area contributed by atoms with Gasteiger partial charge in [-0.2, -0.15) is 0 Å². The molecule has 0 aromatic heterocycles. The Hall–Kier alpha value is -0.190. The van der Waals surface area contributed by atoms with Gasteiger partial charge in [0.1, 0.15) is 0 Å². The summed E-state index contributed by atoms with van der Waals surface area (Å²) in [4.78, 5) is 13.2. The average Bonchev–Trinajstić information content (AvgIpc) is 2.01. The molecule has 1 rings (SSSR count). The van der Waals surface area contributed by atoms with Crippen LogP contribution in [0.3, 0.4) is 0 Å². The summed E-state index contributed by atoms with van der Waals surface area (Å²) in [5.41, 5.74) is 0. The minimum Gasteiger partial charge on any atom is -0.341 e. The number of piperidine rings is 1. The van der Waals surface area contributed by atoms with Crippen molar-refractivity contribution < 1.29 is 13.6 Å². The molecule has 5 heteroatoms. The molecule has 1 unspecified atom stereocenters. The van der Waals surface area contributed by atoms with Gasteiger partial charge in [0.2, 0.25) is 5.91 Å². The van der Waals surface area contributed by atoms with Crippen molar-refractivity contribution in [1.29, 1.82) is 0 Å². The summed E-state index contributed by atoms with van der Waals surface area (Å²) in [5.74, 6) is -3.34. The Bertz CT molecular complexity index is 217. The first-order valence-corrected chi connectivity index (χ1v) is 5.60. The van der Waals surface area contributed by atoms with Gasteiger partial charge in [-0.15, -0.1) is 0 Å². The highest BCUT2D eigenvalue weighted by Crippen LogP contribution is 2.22. The molecule has 0 saturated carbocycles. The Kier molecular flexibility index (Phi) is 3.86. The minimum atomic E-state index is -2.89. The second kappa shape index (κ2) is 4.55. The maximum Gasteiger partial charge on any atom is 0.254 e. The van der Waals surface area contributed by atoms with E-state index in [0.717, 1.165) is 19.8 Å². The molecule has 1 aliphatic rings. The number of likely N-dealkylation sites (tertiary alicyclic amines) is 1. The predicted octanol–water partition coefficient (Wildman–Crippen LogP) is 2.42. The average molecular weight is 270 g/mol. The number of carbonyl (C=O) groups is 1. The topological polar surface area (TPSA) is 20.3 Å². The minimum absolute atomic E-state index is 0.255. The van der Waals surface area contributed by atoms with Crippen molar-refractivity contribution in [3.8, 4) is 0 Å². The van der Waals surface area contributed by atoms with E-state index in [9.17, 15) is 13.6 Å². The lowest BCUT2D eigenvalue weighted by molar-refractivity contribution is -0.138. The molecule has 0 spiro atoms. The van der Waals surface area contributed by atoms with Gasteiger partial charge in [0.15, 0.2) is 0 Å². The fraction of sp³-hybridized carbons (Fsp3) is 0.889. The summed E-state index contributed by atoms with van der Waals surface area (Å²) in [6, 6.07) is 0. The summed E-state index contributed by atoms with van der Waals surface area (Å²) in [5, 5.41) is 0. The summed E-state index contributed by atoms with van der Waals surface area (Å²) in [7, 11) is 0. The lowest BCUT2D eigenvalue weighted by Crippen LogP contribution is -2.42. The van der Waals surface area contributed by atoms with Crippen LogP contribution in [-0.2, 0) is 4.79 Å². The van der Waals surface area contributed by atoms with Gasteiger partial charge in [-0.25, -0.2) is 8.78 Å². The third-order valence-electron chi connectivity index (χ3n) is 2.18. The molecule has 1 aliphatic heterocycles. The van der Waals surface area contributed by atoms with E-state index in [4.69, 9.17) is 0 Å². The van der Waals surface area contributed by atoms with Gasteiger partial charge in [-0.1, -0.05) is 15.9 Å². The molecular weight excluding hydrogens is 256 g/mol. The first kappa shape index (κ1) is 11.9. The largest absolute Gasteiger partial charge is 0.341 e. The highest BCUT2D eigenvalue weighted by atomic mass is 79.9. The van der Waals surface area contributed by atoms with Crippen LogP contribution in [0.4, 0.5) is 8.78 Å². The molecule has 1 heterocycles. The van der Waals surface area contributed by atoms with Gasteiger partial charge in [0.25, 0.3) is 5.92 Å². The number of amides is 1. The molecule has 2 nitrogen and oxygen atoms in total. The molecule has 1 fully saturated rings. The summed E-state index contributed by atoms with van der Waals surface area (Å²) in [6.45, 7) is 1.94. The van der Waals surface area contributed by atoms with Gasteiger partial charge in [0.05, 0.1) is 6.42 Å². The van der Waals surface area contributed by atoms with E-state index in [0.29, 0.717) is 13.1 Å². The molecule has 14 heavy (non-hydrogen) atoms. The fourth-order valence-electron chi connectivity index (χ4n) is 1.53. The van der Waals surface area contributed by atoms with Crippen LogP contribution in [0.25, 0.3) is 0 Å². The number of halogens is 3. The zero-order valence-electron chi connectivity index (χ0n) is 8.10. The smallest absolute Gasteiger partial charge is 0.254 e. The lowest BCUT2D eigenvalue weighted by atomic mass is 10.1. The third-order valence-corrected chi connectivity index (χ3v) is 2.93. The molecule has 0 N–H and O–H groups in total. The van der Waals surface area contributed by atoms with Gasteiger partial charge in [-0.05, 0) is 19.8 Å². The van der Waals surface area contributed by atoms with Crippen molar-refractivity contribution in [3.05, 3.63) is 0 Å². The van der Waals surface area contributed by atoms with Crippen molar-refractivity contribution in [2.75, 3.05) is 13.1 Å². The van der Waals surface area contributed by atoms with Crippen LogP contribution >= 0.6 is 15.9 Å². The molecule has 0 radical (unpaired) electrons. The van der Waals surface area contributed by atoms with Crippen molar-refractivity contribution in [2.24, 2.45) is 0 Å². The highest BCUT2D eigenvalue weighted by Gasteiger charge is 2.30. The van der Waals surface area contributed by atoms with E-state index in [1.807, 2.05) is 0 Å². The van der Waals surface area contributed by atoms with Crippen molar-refractivity contribution in [3.63, 3.8) is 0 Å². The highest BCUT2D eigenvalue weighted by molar-refractivity contribution is 9.09. The Morgan fingerprint density at radius 2 is 2.29 bits per heavy atom. The van der Waals surface area contributed by atoms with Crippen molar-refractivity contribution >= 4 is 21.8 Å². The van der Waals surface area contributed by atoms with E-state index in [-0.39, 0.29) is 4.83 Å². The molecule has 1 atom stereocenters. The van der Waals surface area contributed by atoms with E-state index in [1.165, 1.54) is 4.90 Å². The summed E-state index contributed by atoms with van der Waals surface area (Å²) >= 11 is 3.40. The number of nitrogens with zero attached hydrogens (tertiary/aromatic N) is 1. The Morgan fingerprint density at radius 3 is 2.79 bits per heavy atom. The zero-order valence-corrected chi connectivity index (χ0v) is 9.69. The number of alkyl halides is 3. The molecule has 1 amide bonds. The van der Waals surface area contributed by atoms with Crippen LogP contribution in [0, 0.1) is 0 Å². The third kappa shape index (κ3) is 3.90. The van der Waals surface area contributed by atoms with Crippen LogP contribution in [-0.4, -0.2) is 34.6 Å². The van der Waals surface area contributed by atoms with E-state index in [1.54, 1.807) is 0 Å². The van der Waals surface area contributed by atoms with E-state index in [2.05, 4.69) is 15.9 Å². The van der Waals surface area contributed by atoms with Crippen LogP contribution in [0.2, 0.25) is 0 Å². The number of hydrogen-bond acceptors (Lipinski definition) is 1. The number of carbonyl (C=O) groups excluding carboxylic acids is 1. The number of hydrogen-bond donors (Lipinski definition) is 0. The van der Waals surface area contributed by atoms with Crippen LogP contribution in [0.1, 0.15) is 26.2 Å². The molecule has 0 bridgehead atoms. The van der Waals surface area contributed by atoms with Gasteiger partial charge in [0, 0.05) is 17.9 Å². The van der Waals surface area contributed by atoms with Crippen LogP contribution in [0.15, 0.2) is 0 Å². The predicted molar refractivity (Wildman–Crippen MR) is 53.8 cm³/mol. The first-order chi connectivity index (χ1) is 6.38. The molecule has 82 valence electrons. The van der Waals surface area contributed by atoms with E-state index < -0.39 is 18.3 Å². The van der Waals surface area contributed by atoms with Gasteiger partial charge < -0.3 is 4.90 Å². The van der Waals surface area contributed by atoms with Gasteiger partial charge >= 0.3 is 0 Å². The SMILES string of the molecule is CC(F)(F)CC(=O)N1CCCC(Br)C1.